The molecule has 0 bridgehead atoms. The van der Waals surface area contributed by atoms with Gasteiger partial charge in [-0.3, -0.25) is 14.7 Å². The number of hydrogen-bond donors (Lipinski definition) is 2. The molecular formula is C7H11N3O2. The Bertz CT molecular complexity index is 273. The number of rotatable bonds is 2. The lowest BCUT2D eigenvalue weighted by Gasteiger charge is -2.00. The van der Waals surface area contributed by atoms with E-state index in [-0.39, 0.29) is 5.91 Å². The van der Waals surface area contributed by atoms with Crippen LogP contribution in [0.25, 0.3) is 0 Å². The summed E-state index contributed by atoms with van der Waals surface area (Å²) in [6.45, 7) is 3.54. The minimum atomic E-state index is -0.277. The average molecular weight is 169 g/mol. The van der Waals surface area contributed by atoms with E-state index in [2.05, 4.69) is 20.5 Å². The lowest BCUT2D eigenvalue weighted by Crippen LogP contribution is -2.22. The van der Waals surface area contributed by atoms with Crippen molar-refractivity contribution in [2.75, 3.05) is 7.11 Å². The van der Waals surface area contributed by atoms with Crippen LogP contribution < -0.4 is 5.48 Å². The maximum absolute atomic E-state index is 11.3. The van der Waals surface area contributed by atoms with Crippen LogP contribution >= 0.6 is 0 Å². The van der Waals surface area contributed by atoms with E-state index in [0.717, 1.165) is 5.69 Å². The Labute approximate surface area is 70.1 Å². The maximum Gasteiger partial charge on any atom is 0.278 e. The van der Waals surface area contributed by atoms with E-state index >= 15 is 0 Å². The summed E-state index contributed by atoms with van der Waals surface area (Å²) in [5, 5.41) is 6.59. The van der Waals surface area contributed by atoms with Crippen molar-refractivity contribution in [3.05, 3.63) is 17.0 Å². The highest BCUT2D eigenvalue weighted by Crippen LogP contribution is 2.08. The van der Waals surface area contributed by atoms with Gasteiger partial charge in [-0.25, -0.2) is 5.48 Å². The van der Waals surface area contributed by atoms with Crippen LogP contribution in [0.1, 0.15) is 21.7 Å². The quantitative estimate of drug-likeness (QED) is 0.626. The highest BCUT2D eigenvalue weighted by molar-refractivity contribution is 5.95. The minimum Gasteiger partial charge on any atom is -0.282 e. The summed E-state index contributed by atoms with van der Waals surface area (Å²) in [4.78, 5) is 15.7. The molecule has 0 aliphatic carbocycles. The zero-order valence-corrected chi connectivity index (χ0v) is 7.26. The molecule has 0 unspecified atom stereocenters. The zero-order valence-electron chi connectivity index (χ0n) is 7.26. The predicted octanol–water partition coefficient (Wildman–Crippen LogP) is 0.318. The van der Waals surface area contributed by atoms with Gasteiger partial charge in [-0.1, -0.05) is 0 Å². The van der Waals surface area contributed by atoms with Gasteiger partial charge >= 0.3 is 0 Å². The summed E-state index contributed by atoms with van der Waals surface area (Å²) in [5.74, 6) is -0.277. The van der Waals surface area contributed by atoms with Crippen LogP contribution in [-0.2, 0) is 4.84 Å². The van der Waals surface area contributed by atoms with Crippen LogP contribution in [0.15, 0.2) is 0 Å². The number of amides is 1. The molecule has 1 aromatic rings. The Morgan fingerprint density at radius 1 is 1.58 bits per heavy atom. The van der Waals surface area contributed by atoms with Gasteiger partial charge in [0.15, 0.2) is 0 Å². The molecule has 5 nitrogen and oxygen atoms in total. The molecule has 1 aromatic heterocycles. The SMILES string of the molecule is CONC(=O)c1c(C)n[nH]c1C. The first kappa shape index (κ1) is 8.73. The van der Waals surface area contributed by atoms with Crippen molar-refractivity contribution < 1.29 is 9.63 Å². The van der Waals surface area contributed by atoms with Gasteiger partial charge in [0.05, 0.1) is 18.4 Å². The standard InChI is InChI=1S/C7H11N3O2/c1-4-6(5(2)9-8-4)7(11)10-12-3/h1-3H3,(H,8,9)(H,10,11). The molecule has 0 aromatic carbocycles. The molecule has 0 aliphatic heterocycles. The Balaban J connectivity index is 2.93. The van der Waals surface area contributed by atoms with E-state index < -0.39 is 0 Å². The molecule has 12 heavy (non-hydrogen) atoms. The number of nitrogens with zero attached hydrogens (tertiary/aromatic N) is 1. The van der Waals surface area contributed by atoms with Crippen molar-refractivity contribution >= 4 is 5.91 Å². The van der Waals surface area contributed by atoms with Crippen LogP contribution in [0.2, 0.25) is 0 Å². The van der Waals surface area contributed by atoms with Gasteiger partial charge < -0.3 is 0 Å². The topological polar surface area (TPSA) is 67.0 Å². The van der Waals surface area contributed by atoms with E-state index in [1.807, 2.05) is 0 Å². The third-order valence-corrected chi connectivity index (χ3v) is 1.55. The van der Waals surface area contributed by atoms with Crippen LogP contribution in [0, 0.1) is 13.8 Å². The second-order valence-corrected chi connectivity index (χ2v) is 2.44. The summed E-state index contributed by atoms with van der Waals surface area (Å²) in [7, 11) is 1.39. The van der Waals surface area contributed by atoms with Gasteiger partial charge in [0.1, 0.15) is 0 Å². The largest absolute Gasteiger partial charge is 0.282 e. The summed E-state index contributed by atoms with van der Waals surface area (Å²) in [6, 6.07) is 0. The summed E-state index contributed by atoms with van der Waals surface area (Å²) in [5.41, 5.74) is 4.18. The van der Waals surface area contributed by atoms with E-state index in [0.29, 0.717) is 11.3 Å². The molecule has 0 saturated carbocycles. The van der Waals surface area contributed by atoms with Gasteiger partial charge in [0.2, 0.25) is 0 Å². The maximum atomic E-state index is 11.3. The third-order valence-electron chi connectivity index (χ3n) is 1.55. The van der Waals surface area contributed by atoms with Crippen molar-refractivity contribution in [3.8, 4) is 0 Å². The van der Waals surface area contributed by atoms with Crippen LogP contribution in [0.5, 0.6) is 0 Å². The number of hydroxylamine groups is 1. The summed E-state index contributed by atoms with van der Waals surface area (Å²) < 4.78 is 0. The van der Waals surface area contributed by atoms with Gasteiger partial charge in [0, 0.05) is 5.69 Å². The zero-order chi connectivity index (χ0) is 9.14. The second-order valence-electron chi connectivity index (χ2n) is 2.44. The molecule has 1 amide bonds. The second kappa shape index (κ2) is 3.36. The highest BCUT2D eigenvalue weighted by Gasteiger charge is 2.14. The number of aryl methyl sites for hydroxylation is 2. The molecule has 1 heterocycles. The molecule has 0 atom stereocenters. The van der Waals surface area contributed by atoms with E-state index in [9.17, 15) is 4.79 Å². The predicted molar refractivity (Wildman–Crippen MR) is 42.5 cm³/mol. The normalized spacial score (nSPS) is 9.92. The molecule has 66 valence electrons. The molecule has 2 N–H and O–H groups in total. The number of aromatic nitrogens is 2. The van der Waals surface area contributed by atoms with Gasteiger partial charge in [-0.2, -0.15) is 5.10 Å². The number of hydrogen-bond acceptors (Lipinski definition) is 3. The van der Waals surface area contributed by atoms with Crippen LogP contribution in [0.3, 0.4) is 0 Å². The van der Waals surface area contributed by atoms with Gasteiger partial charge in [-0.05, 0) is 13.8 Å². The van der Waals surface area contributed by atoms with Gasteiger partial charge in [-0.15, -0.1) is 0 Å². The highest BCUT2D eigenvalue weighted by atomic mass is 16.6. The Morgan fingerprint density at radius 2 is 2.25 bits per heavy atom. The lowest BCUT2D eigenvalue weighted by atomic mass is 10.2. The van der Waals surface area contributed by atoms with Crippen LogP contribution in [-0.4, -0.2) is 23.2 Å². The monoisotopic (exact) mass is 169 g/mol. The van der Waals surface area contributed by atoms with Crippen molar-refractivity contribution in [1.82, 2.24) is 15.7 Å². The van der Waals surface area contributed by atoms with Crippen LogP contribution in [0.4, 0.5) is 0 Å². The van der Waals surface area contributed by atoms with Crippen molar-refractivity contribution in [2.45, 2.75) is 13.8 Å². The molecule has 0 radical (unpaired) electrons. The molecule has 5 heteroatoms. The first-order valence-corrected chi connectivity index (χ1v) is 3.51. The van der Waals surface area contributed by atoms with Crippen molar-refractivity contribution in [1.29, 1.82) is 0 Å². The summed E-state index contributed by atoms with van der Waals surface area (Å²) >= 11 is 0. The number of H-pyrrole nitrogens is 1. The number of carbonyl (C=O) groups is 1. The van der Waals surface area contributed by atoms with E-state index in [1.165, 1.54) is 7.11 Å². The molecule has 1 rings (SSSR count). The fourth-order valence-electron chi connectivity index (χ4n) is 1.03. The van der Waals surface area contributed by atoms with Crippen molar-refractivity contribution in [3.63, 3.8) is 0 Å². The molecular weight excluding hydrogens is 158 g/mol. The van der Waals surface area contributed by atoms with Crippen molar-refractivity contribution in [2.24, 2.45) is 0 Å². The molecule has 0 aliphatic rings. The third kappa shape index (κ3) is 1.45. The lowest BCUT2D eigenvalue weighted by molar-refractivity contribution is 0.0536. The van der Waals surface area contributed by atoms with Gasteiger partial charge in [0.25, 0.3) is 5.91 Å². The van der Waals surface area contributed by atoms with E-state index in [4.69, 9.17) is 0 Å². The first-order chi connectivity index (χ1) is 5.66. The fraction of sp³-hybridized carbons (Fsp3) is 0.429. The van der Waals surface area contributed by atoms with E-state index in [1.54, 1.807) is 13.8 Å². The number of nitrogens with one attached hydrogen (secondary N) is 2. The minimum absolute atomic E-state index is 0.277. The Kier molecular flexibility index (Phi) is 2.44. The first-order valence-electron chi connectivity index (χ1n) is 3.51. The molecule has 0 fully saturated rings. The Hall–Kier alpha value is -1.36. The number of carbonyl (C=O) groups excluding carboxylic acids is 1. The molecule has 0 spiro atoms. The average Bonchev–Trinajstić information content (AvgIpc) is 2.32. The molecule has 0 saturated heterocycles. The Morgan fingerprint density at radius 3 is 2.67 bits per heavy atom. The summed E-state index contributed by atoms with van der Waals surface area (Å²) in [6.07, 6.45) is 0. The smallest absolute Gasteiger partial charge is 0.278 e. The number of aromatic amines is 1. The fourth-order valence-corrected chi connectivity index (χ4v) is 1.03.